The second kappa shape index (κ2) is 8.21. The lowest BCUT2D eigenvalue weighted by molar-refractivity contribution is -0.140. The molecule has 0 aliphatic carbocycles. The third kappa shape index (κ3) is 5.46. The average Bonchev–Trinajstić information content (AvgIpc) is 2.37. The van der Waals surface area contributed by atoms with Crippen LogP contribution in [-0.2, 0) is 9.59 Å². The summed E-state index contributed by atoms with van der Waals surface area (Å²) in [5.41, 5.74) is 0.706. The highest BCUT2D eigenvalue weighted by atomic mass is 127. The molecule has 1 rings (SSSR count). The van der Waals surface area contributed by atoms with Crippen LogP contribution in [0.3, 0.4) is 0 Å². The van der Waals surface area contributed by atoms with Crippen LogP contribution in [0.2, 0.25) is 0 Å². The van der Waals surface area contributed by atoms with Gasteiger partial charge >= 0.3 is 5.97 Å². The number of carbonyl (C=O) groups excluding carboxylic acids is 1. The van der Waals surface area contributed by atoms with E-state index in [2.05, 4.69) is 33.2 Å². The molecule has 2 atom stereocenters. The molecule has 20 heavy (non-hydrogen) atoms. The van der Waals surface area contributed by atoms with E-state index in [0.717, 1.165) is 9.99 Å². The van der Waals surface area contributed by atoms with Crippen molar-refractivity contribution in [1.29, 1.82) is 0 Å². The first-order valence-electron chi connectivity index (χ1n) is 6.49. The third-order valence-electron chi connectivity index (χ3n) is 2.81. The van der Waals surface area contributed by atoms with Gasteiger partial charge in [0, 0.05) is 9.26 Å². The minimum absolute atomic E-state index is 0.241. The SMILES string of the molecule is CCCC(NC(C)C(=O)Nc1cccc(I)c1)C(=O)O. The molecule has 1 amide bonds. The van der Waals surface area contributed by atoms with Crippen LogP contribution >= 0.6 is 22.6 Å². The number of nitrogens with one attached hydrogen (secondary N) is 2. The van der Waals surface area contributed by atoms with Gasteiger partial charge in [-0.2, -0.15) is 0 Å². The lowest BCUT2D eigenvalue weighted by atomic mass is 10.1. The number of amides is 1. The van der Waals surface area contributed by atoms with Crippen LogP contribution in [-0.4, -0.2) is 29.1 Å². The number of benzene rings is 1. The molecule has 0 fully saturated rings. The standard InChI is InChI=1S/C14H19IN2O3/c1-3-5-12(14(19)20)16-9(2)13(18)17-11-7-4-6-10(15)8-11/h4,6-9,12,16H,3,5H2,1-2H3,(H,17,18)(H,19,20). The Balaban J connectivity index is 2.60. The average molecular weight is 390 g/mol. The number of rotatable bonds is 7. The van der Waals surface area contributed by atoms with E-state index in [4.69, 9.17) is 5.11 Å². The monoisotopic (exact) mass is 390 g/mol. The molecule has 0 aliphatic heterocycles. The predicted molar refractivity (Wildman–Crippen MR) is 86.7 cm³/mol. The molecular weight excluding hydrogens is 371 g/mol. The van der Waals surface area contributed by atoms with Gasteiger partial charge in [-0.1, -0.05) is 19.4 Å². The number of hydrogen-bond acceptors (Lipinski definition) is 3. The summed E-state index contributed by atoms with van der Waals surface area (Å²) in [4.78, 5) is 23.1. The fraction of sp³-hybridized carbons (Fsp3) is 0.429. The van der Waals surface area contributed by atoms with Crippen LogP contribution in [0.4, 0.5) is 5.69 Å². The molecule has 1 aromatic carbocycles. The summed E-state index contributed by atoms with van der Waals surface area (Å²) < 4.78 is 1.02. The zero-order valence-corrected chi connectivity index (χ0v) is 13.7. The van der Waals surface area contributed by atoms with Crippen molar-refractivity contribution in [3.8, 4) is 0 Å². The van der Waals surface area contributed by atoms with Crippen molar-refractivity contribution in [2.24, 2.45) is 0 Å². The fourth-order valence-electron chi connectivity index (χ4n) is 1.76. The second-order valence-corrected chi connectivity index (χ2v) is 5.81. The van der Waals surface area contributed by atoms with Gasteiger partial charge in [0.2, 0.25) is 5.91 Å². The number of carboxylic acids is 1. The Morgan fingerprint density at radius 2 is 2.10 bits per heavy atom. The molecule has 0 saturated heterocycles. The van der Waals surface area contributed by atoms with Crippen LogP contribution in [0.5, 0.6) is 0 Å². The molecule has 110 valence electrons. The summed E-state index contributed by atoms with van der Waals surface area (Å²) in [7, 11) is 0. The molecule has 0 aliphatic rings. The number of hydrogen-bond donors (Lipinski definition) is 3. The van der Waals surface area contributed by atoms with Crippen molar-refractivity contribution in [2.45, 2.75) is 38.8 Å². The van der Waals surface area contributed by atoms with Gasteiger partial charge in [-0.15, -0.1) is 0 Å². The maximum absolute atomic E-state index is 12.0. The second-order valence-electron chi connectivity index (χ2n) is 4.57. The van der Waals surface area contributed by atoms with E-state index in [1.165, 1.54) is 0 Å². The van der Waals surface area contributed by atoms with Gasteiger partial charge in [0.1, 0.15) is 6.04 Å². The predicted octanol–water partition coefficient (Wildman–Crippen LogP) is 2.46. The van der Waals surface area contributed by atoms with Crippen LogP contribution in [0.15, 0.2) is 24.3 Å². The normalized spacial score (nSPS) is 13.6. The highest BCUT2D eigenvalue weighted by Gasteiger charge is 2.22. The lowest BCUT2D eigenvalue weighted by Gasteiger charge is -2.19. The van der Waals surface area contributed by atoms with E-state index in [1.807, 2.05) is 25.1 Å². The Hall–Kier alpha value is -1.15. The van der Waals surface area contributed by atoms with Gasteiger partial charge < -0.3 is 10.4 Å². The van der Waals surface area contributed by atoms with E-state index in [-0.39, 0.29) is 5.91 Å². The summed E-state index contributed by atoms with van der Waals surface area (Å²) in [5.74, 6) is -1.17. The zero-order chi connectivity index (χ0) is 15.1. The van der Waals surface area contributed by atoms with Gasteiger partial charge in [0.05, 0.1) is 6.04 Å². The summed E-state index contributed by atoms with van der Waals surface area (Å²) >= 11 is 2.16. The topological polar surface area (TPSA) is 78.4 Å². The van der Waals surface area contributed by atoms with Crippen molar-refractivity contribution in [3.05, 3.63) is 27.8 Å². The Morgan fingerprint density at radius 1 is 1.40 bits per heavy atom. The number of aliphatic carboxylic acids is 1. The maximum Gasteiger partial charge on any atom is 0.320 e. The summed E-state index contributed by atoms with van der Waals surface area (Å²) in [6.07, 6.45) is 1.24. The van der Waals surface area contributed by atoms with Gasteiger partial charge in [-0.05, 0) is 54.1 Å². The lowest BCUT2D eigenvalue weighted by Crippen LogP contribution is -2.47. The van der Waals surface area contributed by atoms with Gasteiger partial charge in [0.15, 0.2) is 0 Å². The van der Waals surface area contributed by atoms with Crippen molar-refractivity contribution in [3.63, 3.8) is 0 Å². The highest BCUT2D eigenvalue weighted by molar-refractivity contribution is 14.1. The Morgan fingerprint density at radius 3 is 2.65 bits per heavy atom. The number of carbonyl (C=O) groups is 2. The molecule has 1 aromatic rings. The quantitative estimate of drug-likeness (QED) is 0.625. The number of carboxylic acid groups (broad SMARTS) is 1. The Kier molecular flexibility index (Phi) is 6.94. The summed E-state index contributed by atoms with van der Waals surface area (Å²) in [6, 6.07) is 6.17. The minimum atomic E-state index is -0.930. The maximum atomic E-state index is 12.0. The molecule has 0 spiro atoms. The Labute approximate surface area is 132 Å². The molecule has 5 nitrogen and oxygen atoms in total. The van der Waals surface area contributed by atoms with Crippen LogP contribution in [0, 0.1) is 3.57 Å². The van der Waals surface area contributed by atoms with Crippen LogP contribution in [0.1, 0.15) is 26.7 Å². The summed E-state index contributed by atoms with van der Waals surface area (Å²) in [6.45, 7) is 3.57. The van der Waals surface area contributed by atoms with Crippen molar-refractivity contribution in [2.75, 3.05) is 5.32 Å². The van der Waals surface area contributed by atoms with E-state index in [9.17, 15) is 9.59 Å². The fourth-order valence-corrected chi connectivity index (χ4v) is 2.30. The molecular formula is C14H19IN2O3. The van der Waals surface area contributed by atoms with Crippen molar-refractivity contribution >= 4 is 40.2 Å². The van der Waals surface area contributed by atoms with E-state index in [1.54, 1.807) is 13.0 Å². The first-order chi connectivity index (χ1) is 9.43. The molecule has 0 heterocycles. The van der Waals surface area contributed by atoms with E-state index in [0.29, 0.717) is 12.1 Å². The largest absolute Gasteiger partial charge is 0.480 e. The molecule has 0 radical (unpaired) electrons. The first-order valence-corrected chi connectivity index (χ1v) is 7.57. The highest BCUT2D eigenvalue weighted by Crippen LogP contribution is 2.12. The molecule has 2 unspecified atom stereocenters. The van der Waals surface area contributed by atoms with Crippen molar-refractivity contribution in [1.82, 2.24) is 5.32 Å². The molecule has 3 N–H and O–H groups in total. The van der Waals surface area contributed by atoms with Crippen molar-refractivity contribution < 1.29 is 14.7 Å². The number of anilines is 1. The van der Waals surface area contributed by atoms with Gasteiger partial charge in [0.25, 0.3) is 0 Å². The van der Waals surface area contributed by atoms with E-state index >= 15 is 0 Å². The molecule has 6 heteroatoms. The third-order valence-corrected chi connectivity index (χ3v) is 3.48. The molecule has 0 bridgehead atoms. The molecule has 0 saturated carbocycles. The first kappa shape index (κ1) is 16.9. The van der Waals surface area contributed by atoms with Gasteiger partial charge in [-0.25, -0.2) is 0 Å². The van der Waals surface area contributed by atoms with Crippen LogP contribution in [0.25, 0.3) is 0 Å². The van der Waals surface area contributed by atoms with E-state index < -0.39 is 18.1 Å². The Bertz CT molecular complexity index is 479. The number of halogens is 1. The molecule has 0 aromatic heterocycles. The summed E-state index contributed by atoms with van der Waals surface area (Å²) in [5, 5.41) is 14.7. The van der Waals surface area contributed by atoms with Gasteiger partial charge in [-0.3, -0.25) is 14.9 Å². The zero-order valence-electron chi connectivity index (χ0n) is 11.5. The smallest absolute Gasteiger partial charge is 0.320 e. The minimum Gasteiger partial charge on any atom is -0.480 e. The van der Waals surface area contributed by atoms with Crippen LogP contribution < -0.4 is 10.6 Å².